The molecule has 162 valence electrons. The van der Waals surface area contributed by atoms with E-state index < -0.39 is 23.6 Å². The molecule has 0 saturated heterocycles. The van der Waals surface area contributed by atoms with E-state index in [2.05, 4.69) is 14.8 Å². The van der Waals surface area contributed by atoms with E-state index in [1.165, 1.54) is 38.5 Å². The Balaban J connectivity index is 0.000000245. The molecule has 3 rings (SSSR count). The van der Waals surface area contributed by atoms with Crippen molar-refractivity contribution in [3.8, 4) is 0 Å². The van der Waals surface area contributed by atoms with Gasteiger partial charge >= 0.3 is 11.9 Å². The van der Waals surface area contributed by atoms with Crippen LogP contribution in [-0.2, 0) is 16.0 Å². The zero-order chi connectivity index (χ0) is 22.8. The number of ether oxygens (including phenoxy) is 2. The molecule has 0 aliphatic carbocycles. The molecule has 0 aromatic heterocycles. The Hall–Kier alpha value is -3.94. The third-order valence-electron chi connectivity index (χ3n) is 4.13. The second-order valence-corrected chi connectivity index (χ2v) is 6.24. The summed E-state index contributed by atoms with van der Waals surface area (Å²) in [6, 6.07) is 17.1. The van der Waals surface area contributed by atoms with Gasteiger partial charge in [0.05, 0.1) is 31.0 Å². The first-order valence-electron chi connectivity index (χ1n) is 9.14. The van der Waals surface area contributed by atoms with Crippen LogP contribution in [0.4, 0.5) is 20.2 Å². The molecule has 0 amide bonds. The van der Waals surface area contributed by atoms with Crippen LogP contribution in [-0.4, -0.2) is 26.2 Å². The van der Waals surface area contributed by atoms with Gasteiger partial charge in [-0.15, -0.1) is 0 Å². The number of nitrogens with one attached hydrogen (secondary N) is 1. The average Bonchev–Trinajstić information content (AvgIpc) is 2.78. The third kappa shape index (κ3) is 6.81. The van der Waals surface area contributed by atoms with E-state index in [1.807, 2.05) is 30.3 Å². The summed E-state index contributed by atoms with van der Waals surface area (Å²) < 4.78 is 34.8. The zero-order valence-electron chi connectivity index (χ0n) is 17.0. The van der Waals surface area contributed by atoms with Crippen LogP contribution in [0.15, 0.2) is 66.7 Å². The van der Waals surface area contributed by atoms with Gasteiger partial charge in [-0.3, -0.25) is 0 Å². The van der Waals surface area contributed by atoms with Gasteiger partial charge in [0, 0.05) is 12.2 Å². The number of carbonyl (C=O) groups excluding carboxylic acids is 2. The Bertz CT molecular complexity index is 1040. The molecule has 0 bridgehead atoms. The smallest absolute Gasteiger partial charge is 0.339 e. The van der Waals surface area contributed by atoms with Crippen LogP contribution in [0.3, 0.4) is 0 Å². The van der Waals surface area contributed by atoms with E-state index in [0.29, 0.717) is 17.8 Å². The maximum atomic E-state index is 13.2. The molecule has 3 aromatic rings. The maximum absolute atomic E-state index is 13.2. The highest BCUT2D eigenvalue weighted by Crippen LogP contribution is 2.19. The molecule has 0 atom stereocenters. The molecule has 0 heterocycles. The quantitative estimate of drug-likeness (QED) is 0.462. The van der Waals surface area contributed by atoms with Gasteiger partial charge in [-0.05, 0) is 42.0 Å². The fourth-order valence-electron chi connectivity index (χ4n) is 2.57. The molecule has 0 fully saturated rings. The molecule has 0 saturated carbocycles. The van der Waals surface area contributed by atoms with Crippen LogP contribution in [0, 0.1) is 11.6 Å². The highest BCUT2D eigenvalue weighted by molar-refractivity contribution is 5.95. The van der Waals surface area contributed by atoms with Gasteiger partial charge in [0.1, 0.15) is 11.6 Å². The van der Waals surface area contributed by atoms with Crippen molar-refractivity contribution in [2.24, 2.45) is 0 Å². The van der Waals surface area contributed by atoms with E-state index in [-0.39, 0.29) is 11.3 Å². The molecule has 6 nitrogen and oxygen atoms in total. The van der Waals surface area contributed by atoms with Gasteiger partial charge in [0.15, 0.2) is 0 Å². The fraction of sp³-hybridized carbons (Fsp3) is 0.130. The molecule has 3 N–H and O–H groups in total. The normalized spacial score (nSPS) is 9.81. The number of hydrogen-bond donors (Lipinski definition) is 2. The Kier molecular flexibility index (Phi) is 8.51. The summed E-state index contributed by atoms with van der Waals surface area (Å²) in [4.78, 5) is 22.5. The van der Waals surface area contributed by atoms with Crippen LogP contribution in [0.5, 0.6) is 0 Å². The summed E-state index contributed by atoms with van der Waals surface area (Å²) in [6.07, 6.45) is 0. The van der Waals surface area contributed by atoms with Crippen LogP contribution in [0.2, 0.25) is 0 Å². The van der Waals surface area contributed by atoms with Crippen LogP contribution < -0.4 is 11.1 Å². The standard InChI is InChI=1S/C15H14FNO2.C8H8FNO2/c1-19-15(18)13-8-7-12(16)9-14(13)17-10-11-5-3-2-4-6-11;1-12-8(11)6-3-2-5(9)4-7(6)10/h2-9,17H,10H2,1H3;2-4H,10H2,1H3. The van der Waals surface area contributed by atoms with Crippen LogP contribution in [0.25, 0.3) is 0 Å². The van der Waals surface area contributed by atoms with Crippen molar-refractivity contribution < 1.29 is 27.8 Å². The molecule has 0 unspecified atom stereocenters. The number of rotatable bonds is 5. The summed E-state index contributed by atoms with van der Waals surface area (Å²) >= 11 is 0. The second-order valence-electron chi connectivity index (χ2n) is 6.24. The highest BCUT2D eigenvalue weighted by Gasteiger charge is 2.12. The van der Waals surface area contributed by atoms with Crippen LogP contribution >= 0.6 is 0 Å². The van der Waals surface area contributed by atoms with E-state index >= 15 is 0 Å². The fourth-order valence-corrected chi connectivity index (χ4v) is 2.57. The lowest BCUT2D eigenvalue weighted by atomic mass is 10.1. The zero-order valence-corrected chi connectivity index (χ0v) is 17.0. The molecular formula is C23H22F2N2O4. The molecule has 31 heavy (non-hydrogen) atoms. The molecule has 0 aliphatic heterocycles. The van der Waals surface area contributed by atoms with Gasteiger partial charge in [-0.25, -0.2) is 18.4 Å². The number of anilines is 2. The summed E-state index contributed by atoms with van der Waals surface area (Å²) in [5.74, 6) is -1.92. The van der Waals surface area contributed by atoms with Crippen molar-refractivity contribution in [1.82, 2.24) is 0 Å². The average molecular weight is 428 g/mol. The Morgan fingerprint density at radius 2 is 1.39 bits per heavy atom. The number of nitrogen functional groups attached to an aromatic ring is 1. The number of halogens is 2. The lowest BCUT2D eigenvalue weighted by molar-refractivity contribution is 0.0593. The number of esters is 2. The van der Waals surface area contributed by atoms with Gasteiger partial charge in [-0.1, -0.05) is 30.3 Å². The van der Waals surface area contributed by atoms with Gasteiger partial charge in [0.25, 0.3) is 0 Å². The van der Waals surface area contributed by atoms with Crippen molar-refractivity contribution in [2.45, 2.75) is 6.54 Å². The predicted octanol–water partition coefficient (Wildman–Crippen LogP) is 4.42. The first-order chi connectivity index (χ1) is 14.8. The molecule has 0 spiro atoms. The van der Waals surface area contributed by atoms with Gasteiger partial charge in [0.2, 0.25) is 0 Å². The molecular weight excluding hydrogens is 406 g/mol. The Labute approximate surface area is 178 Å². The summed E-state index contributed by atoms with van der Waals surface area (Å²) in [7, 11) is 2.54. The van der Waals surface area contributed by atoms with Gasteiger partial charge in [-0.2, -0.15) is 0 Å². The summed E-state index contributed by atoms with van der Waals surface area (Å²) in [5, 5.41) is 3.04. The van der Waals surface area contributed by atoms with Crippen molar-refractivity contribution >= 4 is 23.3 Å². The number of nitrogens with two attached hydrogens (primary N) is 1. The van der Waals surface area contributed by atoms with E-state index in [0.717, 1.165) is 17.7 Å². The topological polar surface area (TPSA) is 90.7 Å². The van der Waals surface area contributed by atoms with Crippen molar-refractivity contribution in [2.75, 3.05) is 25.3 Å². The minimum absolute atomic E-state index is 0.0850. The van der Waals surface area contributed by atoms with E-state index in [9.17, 15) is 18.4 Å². The van der Waals surface area contributed by atoms with E-state index in [1.54, 1.807) is 0 Å². The number of hydrogen-bond acceptors (Lipinski definition) is 6. The van der Waals surface area contributed by atoms with E-state index in [4.69, 9.17) is 5.73 Å². The molecule has 8 heteroatoms. The van der Waals surface area contributed by atoms with Gasteiger partial charge < -0.3 is 20.5 Å². The number of carbonyl (C=O) groups is 2. The first kappa shape index (κ1) is 23.3. The largest absolute Gasteiger partial charge is 0.465 e. The minimum atomic E-state index is -0.563. The first-order valence-corrected chi connectivity index (χ1v) is 9.14. The second kappa shape index (κ2) is 11.3. The highest BCUT2D eigenvalue weighted by atomic mass is 19.1. The Morgan fingerprint density at radius 3 is 1.97 bits per heavy atom. The number of methoxy groups -OCH3 is 2. The van der Waals surface area contributed by atoms with Crippen molar-refractivity contribution in [3.63, 3.8) is 0 Å². The summed E-state index contributed by atoms with van der Waals surface area (Å²) in [5.41, 5.74) is 7.41. The Morgan fingerprint density at radius 1 is 0.839 bits per heavy atom. The van der Waals surface area contributed by atoms with Crippen LogP contribution in [0.1, 0.15) is 26.3 Å². The van der Waals surface area contributed by atoms with Crippen molar-refractivity contribution in [3.05, 3.63) is 95.1 Å². The lowest BCUT2D eigenvalue weighted by Crippen LogP contribution is -2.08. The molecule has 0 radical (unpaired) electrons. The molecule has 3 aromatic carbocycles. The number of benzene rings is 3. The van der Waals surface area contributed by atoms with Crippen molar-refractivity contribution in [1.29, 1.82) is 0 Å². The molecule has 0 aliphatic rings. The monoisotopic (exact) mass is 428 g/mol. The SMILES string of the molecule is COC(=O)c1ccc(F)cc1N.COC(=O)c1ccc(F)cc1NCc1ccccc1. The third-order valence-corrected chi connectivity index (χ3v) is 4.13. The minimum Gasteiger partial charge on any atom is -0.465 e. The lowest BCUT2D eigenvalue weighted by Gasteiger charge is -2.11. The summed E-state index contributed by atoms with van der Waals surface area (Å²) in [6.45, 7) is 0.508. The maximum Gasteiger partial charge on any atom is 0.339 e. The predicted molar refractivity (Wildman–Crippen MR) is 114 cm³/mol.